The zero-order valence-electron chi connectivity index (χ0n) is 8.75. The van der Waals surface area contributed by atoms with Crippen molar-refractivity contribution < 1.29 is 4.39 Å². The van der Waals surface area contributed by atoms with Crippen LogP contribution in [0.4, 0.5) is 10.1 Å². The van der Waals surface area contributed by atoms with Crippen LogP contribution in [0.1, 0.15) is 5.69 Å². The van der Waals surface area contributed by atoms with Gasteiger partial charge in [-0.3, -0.25) is 0 Å². The molecule has 0 radical (unpaired) electrons. The van der Waals surface area contributed by atoms with Gasteiger partial charge in [0.1, 0.15) is 10.4 Å². The summed E-state index contributed by atoms with van der Waals surface area (Å²) < 4.78 is 15.0. The monoisotopic (exact) mass is 358 g/mol. The van der Waals surface area contributed by atoms with Crippen LogP contribution in [0.25, 0.3) is 0 Å². The number of aromatic nitrogens is 1. The van der Waals surface area contributed by atoms with Gasteiger partial charge in [-0.05, 0) is 46.3 Å². The molecule has 0 aliphatic heterocycles. The molecular weight excluding hydrogens is 351 g/mol. The van der Waals surface area contributed by atoms with Gasteiger partial charge in [0.05, 0.1) is 17.9 Å². The maximum absolute atomic E-state index is 13.5. The SMILES string of the molecule is Fc1cc(Br)ccc1NCc1cccc(Br)n1. The number of hydrogen-bond donors (Lipinski definition) is 1. The molecule has 2 aromatic rings. The number of hydrogen-bond acceptors (Lipinski definition) is 2. The van der Waals surface area contributed by atoms with E-state index < -0.39 is 0 Å². The highest BCUT2D eigenvalue weighted by Crippen LogP contribution is 2.19. The maximum atomic E-state index is 13.5. The predicted molar refractivity (Wildman–Crippen MR) is 73.4 cm³/mol. The molecule has 0 fully saturated rings. The molecule has 1 aromatic carbocycles. The molecule has 1 aromatic heterocycles. The summed E-state index contributed by atoms with van der Waals surface area (Å²) in [6, 6.07) is 10.5. The molecule has 0 aliphatic rings. The van der Waals surface area contributed by atoms with Crippen LogP contribution in [0.15, 0.2) is 45.5 Å². The molecule has 0 spiro atoms. The number of rotatable bonds is 3. The van der Waals surface area contributed by atoms with Crippen molar-refractivity contribution in [2.24, 2.45) is 0 Å². The third-order valence-corrected chi connectivity index (χ3v) is 3.10. The third-order valence-electron chi connectivity index (χ3n) is 2.16. The van der Waals surface area contributed by atoms with Crippen molar-refractivity contribution in [1.29, 1.82) is 0 Å². The molecule has 2 nitrogen and oxygen atoms in total. The summed E-state index contributed by atoms with van der Waals surface area (Å²) >= 11 is 6.51. The van der Waals surface area contributed by atoms with E-state index in [1.807, 2.05) is 18.2 Å². The smallest absolute Gasteiger partial charge is 0.147 e. The topological polar surface area (TPSA) is 24.9 Å². The Morgan fingerprint density at radius 2 is 2.00 bits per heavy atom. The van der Waals surface area contributed by atoms with E-state index in [9.17, 15) is 4.39 Å². The number of nitrogens with one attached hydrogen (secondary N) is 1. The predicted octanol–water partition coefficient (Wildman–Crippen LogP) is 4.36. The molecule has 0 aliphatic carbocycles. The fraction of sp³-hybridized carbons (Fsp3) is 0.0833. The molecule has 88 valence electrons. The van der Waals surface area contributed by atoms with Crippen molar-refractivity contribution in [3.8, 4) is 0 Å². The van der Waals surface area contributed by atoms with Crippen molar-refractivity contribution in [2.75, 3.05) is 5.32 Å². The van der Waals surface area contributed by atoms with Crippen molar-refractivity contribution >= 4 is 37.5 Å². The molecule has 17 heavy (non-hydrogen) atoms. The van der Waals surface area contributed by atoms with Gasteiger partial charge in [0.25, 0.3) is 0 Å². The van der Waals surface area contributed by atoms with E-state index in [1.54, 1.807) is 12.1 Å². The first-order valence-corrected chi connectivity index (χ1v) is 6.54. The van der Waals surface area contributed by atoms with Gasteiger partial charge in [0.2, 0.25) is 0 Å². The molecule has 0 bridgehead atoms. The quantitative estimate of drug-likeness (QED) is 0.823. The molecule has 0 amide bonds. The van der Waals surface area contributed by atoms with Crippen LogP contribution in [-0.2, 0) is 6.54 Å². The van der Waals surface area contributed by atoms with E-state index in [2.05, 4.69) is 42.2 Å². The normalized spacial score (nSPS) is 10.3. The first-order valence-electron chi connectivity index (χ1n) is 4.95. The molecule has 0 saturated carbocycles. The summed E-state index contributed by atoms with van der Waals surface area (Å²) in [5, 5.41) is 3.00. The number of anilines is 1. The lowest BCUT2D eigenvalue weighted by Crippen LogP contribution is -2.03. The second kappa shape index (κ2) is 5.60. The van der Waals surface area contributed by atoms with Gasteiger partial charge < -0.3 is 5.32 Å². The Kier molecular flexibility index (Phi) is 4.12. The van der Waals surface area contributed by atoms with Crippen LogP contribution >= 0.6 is 31.9 Å². The minimum absolute atomic E-state index is 0.283. The summed E-state index contributed by atoms with van der Waals surface area (Å²) in [6.07, 6.45) is 0. The van der Waals surface area contributed by atoms with E-state index in [1.165, 1.54) is 6.07 Å². The Morgan fingerprint density at radius 3 is 2.71 bits per heavy atom. The Morgan fingerprint density at radius 1 is 1.18 bits per heavy atom. The molecule has 2 rings (SSSR count). The van der Waals surface area contributed by atoms with Crippen LogP contribution in [0, 0.1) is 5.82 Å². The number of pyridine rings is 1. The van der Waals surface area contributed by atoms with E-state index >= 15 is 0 Å². The molecule has 0 saturated heterocycles. The van der Waals surface area contributed by atoms with E-state index in [4.69, 9.17) is 0 Å². The van der Waals surface area contributed by atoms with Crippen LogP contribution in [0.5, 0.6) is 0 Å². The zero-order valence-corrected chi connectivity index (χ0v) is 11.9. The summed E-state index contributed by atoms with van der Waals surface area (Å²) in [6.45, 7) is 0.484. The molecule has 0 unspecified atom stereocenters. The highest BCUT2D eigenvalue weighted by Gasteiger charge is 2.02. The zero-order chi connectivity index (χ0) is 12.3. The minimum Gasteiger partial charge on any atom is -0.377 e. The number of halogens is 3. The Balaban J connectivity index is 2.07. The largest absolute Gasteiger partial charge is 0.377 e. The second-order valence-electron chi connectivity index (χ2n) is 3.43. The summed E-state index contributed by atoms with van der Waals surface area (Å²) in [5.74, 6) is -0.283. The second-order valence-corrected chi connectivity index (χ2v) is 5.16. The summed E-state index contributed by atoms with van der Waals surface area (Å²) in [5.41, 5.74) is 1.32. The van der Waals surface area contributed by atoms with Gasteiger partial charge >= 0.3 is 0 Å². The van der Waals surface area contributed by atoms with Gasteiger partial charge in [0, 0.05) is 4.47 Å². The van der Waals surface area contributed by atoms with E-state index in [0.29, 0.717) is 12.2 Å². The van der Waals surface area contributed by atoms with E-state index in [0.717, 1.165) is 14.8 Å². The first-order chi connectivity index (χ1) is 8.15. The lowest BCUT2D eigenvalue weighted by Gasteiger charge is -2.07. The van der Waals surface area contributed by atoms with Gasteiger partial charge in [-0.2, -0.15) is 0 Å². The highest BCUT2D eigenvalue weighted by molar-refractivity contribution is 9.10. The lowest BCUT2D eigenvalue weighted by atomic mass is 10.3. The van der Waals surface area contributed by atoms with Crippen LogP contribution in [-0.4, -0.2) is 4.98 Å². The number of nitrogens with zero attached hydrogens (tertiary/aromatic N) is 1. The van der Waals surface area contributed by atoms with Crippen molar-refractivity contribution in [3.63, 3.8) is 0 Å². The van der Waals surface area contributed by atoms with Crippen molar-refractivity contribution in [2.45, 2.75) is 6.54 Å². The van der Waals surface area contributed by atoms with Gasteiger partial charge in [0.15, 0.2) is 0 Å². The van der Waals surface area contributed by atoms with Crippen molar-refractivity contribution in [1.82, 2.24) is 4.98 Å². The molecule has 5 heteroatoms. The Hall–Kier alpha value is -0.940. The molecule has 1 N–H and O–H groups in total. The van der Waals surface area contributed by atoms with E-state index in [-0.39, 0.29) is 5.82 Å². The standard InChI is InChI=1S/C12H9Br2FN2/c13-8-4-5-11(10(15)6-8)16-7-9-2-1-3-12(14)17-9/h1-6,16H,7H2. The Labute approximate surface area is 116 Å². The fourth-order valence-electron chi connectivity index (χ4n) is 1.37. The van der Waals surface area contributed by atoms with Crippen LogP contribution < -0.4 is 5.32 Å². The summed E-state index contributed by atoms with van der Waals surface area (Å²) in [7, 11) is 0. The molecular formula is C12H9Br2FN2. The highest BCUT2D eigenvalue weighted by atomic mass is 79.9. The van der Waals surface area contributed by atoms with Crippen LogP contribution in [0.2, 0.25) is 0 Å². The average Bonchev–Trinajstić information content (AvgIpc) is 2.28. The van der Waals surface area contributed by atoms with Crippen molar-refractivity contribution in [3.05, 3.63) is 57.0 Å². The van der Waals surface area contributed by atoms with Crippen LogP contribution in [0.3, 0.4) is 0 Å². The third kappa shape index (κ3) is 3.51. The number of benzene rings is 1. The fourth-order valence-corrected chi connectivity index (χ4v) is 2.08. The van der Waals surface area contributed by atoms with Gasteiger partial charge in [-0.1, -0.05) is 22.0 Å². The first kappa shape index (κ1) is 12.5. The van der Waals surface area contributed by atoms with Gasteiger partial charge in [-0.15, -0.1) is 0 Å². The maximum Gasteiger partial charge on any atom is 0.147 e. The lowest BCUT2D eigenvalue weighted by molar-refractivity contribution is 0.629. The average molecular weight is 360 g/mol. The molecule has 1 heterocycles. The Bertz CT molecular complexity index is 532. The summed E-state index contributed by atoms with van der Waals surface area (Å²) in [4.78, 5) is 4.26. The van der Waals surface area contributed by atoms with Gasteiger partial charge in [-0.25, -0.2) is 9.37 Å². The minimum atomic E-state index is -0.283. The molecule has 0 atom stereocenters.